The highest BCUT2D eigenvalue weighted by Gasteiger charge is 2.37. The fourth-order valence-corrected chi connectivity index (χ4v) is 3.99. The predicted molar refractivity (Wildman–Crippen MR) is 125 cm³/mol. The molecule has 0 saturated carbocycles. The molecule has 2 aromatic carbocycles. The van der Waals surface area contributed by atoms with E-state index in [0.717, 1.165) is 36.3 Å². The van der Waals surface area contributed by atoms with E-state index in [1.165, 1.54) is 23.1 Å². The van der Waals surface area contributed by atoms with Gasteiger partial charge in [-0.1, -0.05) is 13.0 Å². The zero-order valence-corrected chi connectivity index (χ0v) is 19.5. The van der Waals surface area contributed by atoms with Crippen LogP contribution < -0.4 is 15.4 Å². The van der Waals surface area contributed by atoms with Crippen molar-refractivity contribution in [2.45, 2.75) is 45.2 Å². The minimum atomic E-state index is -1.24. The van der Waals surface area contributed by atoms with Crippen molar-refractivity contribution in [2.75, 3.05) is 24.6 Å². The first-order valence-corrected chi connectivity index (χ1v) is 11.5. The first-order valence-electron chi connectivity index (χ1n) is 11.5. The van der Waals surface area contributed by atoms with Gasteiger partial charge in [0, 0.05) is 11.6 Å². The fourth-order valence-electron chi connectivity index (χ4n) is 3.99. The van der Waals surface area contributed by atoms with Crippen molar-refractivity contribution in [1.29, 1.82) is 0 Å². The van der Waals surface area contributed by atoms with Gasteiger partial charge >= 0.3 is 5.97 Å². The predicted octanol–water partition coefficient (Wildman–Crippen LogP) is 3.32. The van der Waals surface area contributed by atoms with Gasteiger partial charge in [-0.2, -0.15) is 0 Å². The lowest BCUT2D eigenvalue weighted by atomic mass is 10.1. The number of anilines is 1. The minimum absolute atomic E-state index is 0.0529. The number of carboxylic acid groups (broad SMARTS) is 1. The van der Waals surface area contributed by atoms with Crippen LogP contribution in [0.2, 0.25) is 0 Å². The Labute approximate surface area is 202 Å². The summed E-state index contributed by atoms with van der Waals surface area (Å²) in [6, 6.07) is 6.39. The molecule has 1 unspecified atom stereocenters. The highest BCUT2D eigenvalue weighted by molar-refractivity contribution is 6.10. The molecule has 1 heterocycles. The summed E-state index contributed by atoms with van der Waals surface area (Å²) in [6.45, 7) is 1.82. The van der Waals surface area contributed by atoms with E-state index in [2.05, 4.69) is 0 Å². The Hall–Kier alpha value is -3.53. The Bertz CT molecular complexity index is 1090. The first kappa shape index (κ1) is 26.1. The number of hydrogen-bond acceptors (Lipinski definition) is 5. The monoisotopic (exact) mass is 489 g/mol. The number of unbranched alkanes of at least 4 members (excludes halogenated alkanes) is 2. The lowest BCUT2D eigenvalue weighted by Gasteiger charge is -2.26. The maximum absolute atomic E-state index is 14.4. The number of nitrogens with zero attached hydrogens (tertiary/aromatic N) is 2. The van der Waals surface area contributed by atoms with Gasteiger partial charge in [-0.25, -0.2) is 13.6 Å². The summed E-state index contributed by atoms with van der Waals surface area (Å²) < 4.78 is 33.5. The van der Waals surface area contributed by atoms with Gasteiger partial charge in [0.2, 0.25) is 5.91 Å². The molecule has 0 bridgehead atoms. The molecule has 3 rings (SSSR count). The number of benzene rings is 2. The molecule has 35 heavy (non-hydrogen) atoms. The minimum Gasteiger partial charge on any atom is -0.494 e. The number of hydrogen-bond donors (Lipinski definition) is 2. The molecule has 1 aliphatic rings. The smallest absolute Gasteiger partial charge is 0.326 e. The molecule has 188 valence electrons. The second kappa shape index (κ2) is 11.7. The SMILES string of the molecule is CCC(C(=O)O)N1CC(=O)N(Cc2ccc(F)cc2F)c2ccc(OCCCCCN)cc2C1=O. The molecule has 3 N–H and O–H groups in total. The Kier molecular flexibility index (Phi) is 8.75. The van der Waals surface area contributed by atoms with Crippen LogP contribution in [0.3, 0.4) is 0 Å². The summed E-state index contributed by atoms with van der Waals surface area (Å²) in [5.74, 6) is -3.66. The van der Waals surface area contributed by atoms with Crippen molar-refractivity contribution in [2.24, 2.45) is 5.73 Å². The molecule has 0 saturated heterocycles. The Balaban J connectivity index is 1.99. The topological polar surface area (TPSA) is 113 Å². The average Bonchev–Trinajstić information content (AvgIpc) is 2.91. The van der Waals surface area contributed by atoms with Crippen LogP contribution in [0.15, 0.2) is 36.4 Å². The Morgan fingerprint density at radius 2 is 1.91 bits per heavy atom. The maximum Gasteiger partial charge on any atom is 0.326 e. The van der Waals surface area contributed by atoms with Crippen molar-refractivity contribution < 1.29 is 33.0 Å². The van der Waals surface area contributed by atoms with Gasteiger partial charge in [-0.15, -0.1) is 0 Å². The summed E-state index contributed by atoms with van der Waals surface area (Å²) in [4.78, 5) is 40.7. The van der Waals surface area contributed by atoms with Gasteiger partial charge in [-0.3, -0.25) is 9.59 Å². The van der Waals surface area contributed by atoms with Crippen molar-refractivity contribution in [3.8, 4) is 5.75 Å². The van der Waals surface area contributed by atoms with Crippen LogP contribution >= 0.6 is 0 Å². The number of carbonyl (C=O) groups is 3. The van der Waals surface area contributed by atoms with Gasteiger partial charge in [0.15, 0.2) is 0 Å². The highest BCUT2D eigenvalue weighted by atomic mass is 19.1. The molecule has 1 aliphatic heterocycles. The van der Waals surface area contributed by atoms with E-state index in [0.29, 0.717) is 18.9 Å². The van der Waals surface area contributed by atoms with E-state index >= 15 is 0 Å². The summed E-state index contributed by atoms with van der Waals surface area (Å²) in [7, 11) is 0. The molecule has 2 amide bonds. The van der Waals surface area contributed by atoms with Crippen molar-refractivity contribution >= 4 is 23.5 Å². The van der Waals surface area contributed by atoms with E-state index in [1.807, 2.05) is 0 Å². The van der Waals surface area contributed by atoms with Gasteiger partial charge < -0.3 is 25.4 Å². The molecule has 0 fully saturated rings. The second-order valence-electron chi connectivity index (χ2n) is 8.29. The number of fused-ring (bicyclic) bond motifs is 1. The standard InChI is InChI=1S/C25H29F2N3O5/c1-2-21(25(33)34)30-15-23(31)29(14-16-6-7-17(26)12-20(16)27)22-9-8-18(13-19(22)24(30)32)35-11-5-3-4-10-28/h6-9,12-13,21H,2-5,10-11,14-15,28H2,1H3,(H,33,34). The van der Waals surface area contributed by atoms with E-state index < -0.39 is 42.0 Å². The molecule has 10 heteroatoms. The number of rotatable bonds is 11. The third-order valence-electron chi connectivity index (χ3n) is 5.87. The van der Waals surface area contributed by atoms with Crippen molar-refractivity contribution in [3.05, 3.63) is 59.2 Å². The van der Waals surface area contributed by atoms with Crippen molar-refractivity contribution in [1.82, 2.24) is 4.90 Å². The summed E-state index contributed by atoms with van der Waals surface area (Å²) in [6.07, 6.45) is 2.61. The van der Waals surface area contributed by atoms with Crippen LogP contribution in [0.4, 0.5) is 14.5 Å². The van der Waals surface area contributed by atoms with E-state index in [4.69, 9.17) is 10.5 Å². The molecule has 0 aromatic heterocycles. The first-order chi connectivity index (χ1) is 16.8. The van der Waals surface area contributed by atoms with Gasteiger partial charge in [0.25, 0.3) is 5.91 Å². The number of ether oxygens (including phenoxy) is 1. The Morgan fingerprint density at radius 3 is 2.57 bits per heavy atom. The van der Waals surface area contributed by atoms with E-state index in [-0.39, 0.29) is 29.8 Å². The number of halogens is 2. The van der Waals surface area contributed by atoms with Crippen LogP contribution in [0.25, 0.3) is 0 Å². The third-order valence-corrected chi connectivity index (χ3v) is 5.87. The number of carbonyl (C=O) groups excluding carboxylic acids is 2. The van der Waals surface area contributed by atoms with Gasteiger partial charge in [-0.05, 0) is 56.5 Å². The number of aliphatic carboxylic acids is 1. The van der Waals surface area contributed by atoms with Crippen LogP contribution in [0.5, 0.6) is 5.75 Å². The molecular weight excluding hydrogens is 460 g/mol. The number of nitrogens with two attached hydrogens (primary N) is 1. The molecule has 0 spiro atoms. The Morgan fingerprint density at radius 1 is 1.14 bits per heavy atom. The number of carboxylic acids is 1. The molecule has 1 atom stereocenters. The normalized spacial score (nSPS) is 14.5. The summed E-state index contributed by atoms with van der Waals surface area (Å²) in [5.41, 5.74) is 5.81. The molecule has 2 aromatic rings. The quantitative estimate of drug-likeness (QED) is 0.468. The van der Waals surface area contributed by atoms with Crippen LogP contribution in [0.1, 0.15) is 48.5 Å². The summed E-state index contributed by atoms with van der Waals surface area (Å²) in [5, 5.41) is 9.64. The molecule has 8 nitrogen and oxygen atoms in total. The van der Waals surface area contributed by atoms with Crippen LogP contribution in [-0.2, 0) is 16.1 Å². The lowest BCUT2D eigenvalue weighted by molar-refractivity contribution is -0.142. The van der Waals surface area contributed by atoms with Crippen molar-refractivity contribution in [3.63, 3.8) is 0 Å². The lowest BCUT2D eigenvalue weighted by Crippen LogP contribution is -2.48. The van der Waals surface area contributed by atoms with Crippen LogP contribution in [0, 0.1) is 11.6 Å². The summed E-state index contributed by atoms with van der Waals surface area (Å²) >= 11 is 0. The third kappa shape index (κ3) is 6.13. The zero-order chi connectivity index (χ0) is 25.5. The molecule has 0 aliphatic carbocycles. The largest absolute Gasteiger partial charge is 0.494 e. The molecular formula is C25H29F2N3O5. The second-order valence-corrected chi connectivity index (χ2v) is 8.29. The zero-order valence-electron chi connectivity index (χ0n) is 19.5. The van der Waals surface area contributed by atoms with E-state index in [1.54, 1.807) is 13.0 Å². The number of amides is 2. The maximum atomic E-state index is 14.4. The average molecular weight is 490 g/mol. The van der Waals surface area contributed by atoms with Gasteiger partial charge in [0.1, 0.15) is 30.0 Å². The van der Waals surface area contributed by atoms with Crippen LogP contribution in [-0.4, -0.2) is 53.5 Å². The van der Waals surface area contributed by atoms with E-state index in [9.17, 15) is 28.3 Å². The molecule has 0 radical (unpaired) electrons. The fraction of sp³-hybridized carbons (Fsp3) is 0.400. The van der Waals surface area contributed by atoms with Gasteiger partial charge in [0.05, 0.1) is 24.4 Å². The highest BCUT2D eigenvalue weighted by Crippen LogP contribution is 2.32.